The minimum absolute atomic E-state index is 0.710. The van der Waals surface area contributed by atoms with Crippen LogP contribution < -0.4 is 4.90 Å². The van der Waals surface area contributed by atoms with Crippen molar-refractivity contribution >= 4 is 44.4 Å². The Bertz CT molecular complexity index is 3270. The lowest BCUT2D eigenvalue weighted by Gasteiger charge is -2.26. The van der Waals surface area contributed by atoms with Gasteiger partial charge in [0.05, 0.1) is 22.6 Å². The second kappa shape index (κ2) is 15.0. The molecule has 3 aromatic heterocycles. The summed E-state index contributed by atoms with van der Waals surface area (Å²) in [5, 5.41) is 3.33. The van der Waals surface area contributed by atoms with Gasteiger partial charge in [-0.25, -0.2) is 15.0 Å². The fourth-order valence-corrected chi connectivity index (χ4v) is 8.29. The van der Waals surface area contributed by atoms with Crippen LogP contribution in [-0.4, -0.2) is 19.4 Å². The Morgan fingerprint density at radius 3 is 1.57 bits per heavy atom. The zero-order chi connectivity index (χ0) is 39.8. The van der Waals surface area contributed by atoms with Crippen LogP contribution in [0.3, 0.4) is 0 Å². The van der Waals surface area contributed by atoms with Gasteiger partial charge in [-0.3, -0.25) is 4.40 Å². The van der Waals surface area contributed by atoms with Crippen molar-refractivity contribution in [2.45, 2.75) is 0 Å². The number of imidazole rings is 1. The van der Waals surface area contributed by atoms with E-state index in [-0.39, 0.29) is 0 Å². The molecule has 0 radical (unpaired) electrons. The van der Waals surface area contributed by atoms with E-state index in [4.69, 9.17) is 15.0 Å². The van der Waals surface area contributed by atoms with Crippen LogP contribution in [0.5, 0.6) is 0 Å². The van der Waals surface area contributed by atoms with Crippen molar-refractivity contribution < 1.29 is 0 Å². The van der Waals surface area contributed by atoms with Crippen molar-refractivity contribution in [3.05, 3.63) is 225 Å². The van der Waals surface area contributed by atoms with Crippen LogP contribution in [0.1, 0.15) is 0 Å². The maximum atomic E-state index is 5.18. The van der Waals surface area contributed by atoms with Gasteiger partial charge in [0.15, 0.2) is 5.82 Å². The van der Waals surface area contributed by atoms with E-state index in [0.29, 0.717) is 5.82 Å². The normalized spacial score (nSPS) is 11.3. The second-order valence-corrected chi connectivity index (χ2v) is 14.9. The molecule has 11 rings (SSSR count). The molecule has 0 N–H and O–H groups in total. The molecule has 0 spiro atoms. The number of fused-ring (bicyclic) bond motifs is 4. The van der Waals surface area contributed by atoms with Gasteiger partial charge in [-0.15, -0.1) is 0 Å². The highest BCUT2D eigenvalue weighted by Gasteiger charge is 2.18. The smallest absolute Gasteiger partial charge is 0.160 e. The first-order chi connectivity index (χ1) is 29.7. The van der Waals surface area contributed by atoms with Gasteiger partial charge in [-0.05, 0) is 71.1 Å². The van der Waals surface area contributed by atoms with Crippen LogP contribution in [0.15, 0.2) is 225 Å². The Morgan fingerprint density at radius 2 is 0.867 bits per heavy atom. The topological polar surface area (TPSA) is 46.3 Å². The van der Waals surface area contributed by atoms with Crippen molar-refractivity contribution in [2.75, 3.05) is 4.90 Å². The number of aromatic nitrogens is 4. The molecule has 0 bridgehead atoms. The van der Waals surface area contributed by atoms with E-state index in [0.717, 1.165) is 94.8 Å². The van der Waals surface area contributed by atoms with Gasteiger partial charge in [0.1, 0.15) is 5.65 Å². The molecule has 5 heteroatoms. The summed E-state index contributed by atoms with van der Waals surface area (Å²) in [6, 6.07) is 76.4. The molecule has 0 aliphatic rings. The van der Waals surface area contributed by atoms with Gasteiger partial charge in [0, 0.05) is 56.3 Å². The molecular weight excluding hydrogens is 731 g/mol. The number of hydrogen-bond acceptors (Lipinski definition) is 4. The van der Waals surface area contributed by atoms with Crippen molar-refractivity contribution in [3.8, 4) is 56.3 Å². The summed E-state index contributed by atoms with van der Waals surface area (Å²) in [5.74, 6) is 0.710. The predicted octanol–water partition coefficient (Wildman–Crippen LogP) is 14.2. The Labute approximate surface area is 348 Å². The molecule has 0 saturated heterocycles. The summed E-state index contributed by atoms with van der Waals surface area (Å²) in [5.41, 5.74) is 14.5. The fourth-order valence-electron chi connectivity index (χ4n) is 8.29. The Balaban J connectivity index is 0.921. The third-order valence-electron chi connectivity index (χ3n) is 11.2. The minimum Gasteiger partial charge on any atom is -0.311 e. The molecule has 0 fully saturated rings. The first-order valence-electron chi connectivity index (χ1n) is 20.2. The minimum atomic E-state index is 0.710. The zero-order valence-electron chi connectivity index (χ0n) is 32.6. The summed E-state index contributed by atoms with van der Waals surface area (Å²) in [6.45, 7) is 0. The van der Waals surface area contributed by atoms with Crippen LogP contribution in [0.2, 0.25) is 0 Å². The van der Waals surface area contributed by atoms with Crippen LogP contribution in [-0.2, 0) is 0 Å². The molecule has 0 saturated carbocycles. The summed E-state index contributed by atoms with van der Waals surface area (Å²) >= 11 is 0. The number of rotatable bonds is 8. The van der Waals surface area contributed by atoms with Gasteiger partial charge in [0.2, 0.25) is 0 Å². The summed E-state index contributed by atoms with van der Waals surface area (Å²) in [6.07, 6.45) is 2.08. The Hall–Kier alpha value is -8.15. The van der Waals surface area contributed by atoms with E-state index in [1.165, 1.54) is 0 Å². The number of pyridine rings is 1. The molecule has 3 heterocycles. The molecule has 0 aliphatic carbocycles. The average molecular weight is 768 g/mol. The first kappa shape index (κ1) is 35.0. The summed E-state index contributed by atoms with van der Waals surface area (Å²) < 4.78 is 2.17. The average Bonchev–Trinajstić information content (AvgIpc) is 3.72. The van der Waals surface area contributed by atoms with Crippen molar-refractivity contribution in [2.24, 2.45) is 0 Å². The molecule has 0 aliphatic heterocycles. The number of anilines is 3. The molecular formula is C55H37N5. The monoisotopic (exact) mass is 767 g/mol. The highest BCUT2D eigenvalue weighted by Crippen LogP contribution is 2.39. The predicted molar refractivity (Wildman–Crippen MR) is 248 cm³/mol. The lowest BCUT2D eigenvalue weighted by Crippen LogP contribution is -2.09. The second-order valence-electron chi connectivity index (χ2n) is 14.9. The van der Waals surface area contributed by atoms with E-state index in [1.807, 2.05) is 18.2 Å². The summed E-state index contributed by atoms with van der Waals surface area (Å²) in [7, 11) is 0. The van der Waals surface area contributed by atoms with E-state index in [9.17, 15) is 0 Å². The maximum Gasteiger partial charge on any atom is 0.160 e. The van der Waals surface area contributed by atoms with Crippen molar-refractivity contribution in [1.82, 2.24) is 19.4 Å². The van der Waals surface area contributed by atoms with Gasteiger partial charge < -0.3 is 4.90 Å². The molecule has 60 heavy (non-hydrogen) atoms. The van der Waals surface area contributed by atoms with E-state index in [2.05, 4.69) is 216 Å². The number of hydrogen-bond donors (Lipinski definition) is 0. The van der Waals surface area contributed by atoms with Crippen LogP contribution in [0.25, 0.3) is 83.6 Å². The Morgan fingerprint density at radius 1 is 0.333 bits per heavy atom. The lowest BCUT2D eigenvalue weighted by atomic mass is 10.0. The molecule has 0 atom stereocenters. The van der Waals surface area contributed by atoms with Gasteiger partial charge >= 0.3 is 0 Å². The van der Waals surface area contributed by atoms with E-state index >= 15 is 0 Å². The van der Waals surface area contributed by atoms with Crippen LogP contribution >= 0.6 is 0 Å². The van der Waals surface area contributed by atoms with Crippen LogP contribution in [0, 0.1) is 0 Å². The maximum absolute atomic E-state index is 5.18. The summed E-state index contributed by atoms with van der Waals surface area (Å²) in [4.78, 5) is 17.7. The molecule has 5 nitrogen and oxygen atoms in total. The van der Waals surface area contributed by atoms with Gasteiger partial charge in [-0.1, -0.05) is 164 Å². The van der Waals surface area contributed by atoms with Crippen LogP contribution in [0.4, 0.5) is 17.1 Å². The number of para-hydroxylation sites is 1. The van der Waals surface area contributed by atoms with Gasteiger partial charge in [-0.2, -0.15) is 0 Å². The molecule has 8 aromatic carbocycles. The van der Waals surface area contributed by atoms with E-state index in [1.54, 1.807) is 0 Å². The third kappa shape index (κ3) is 6.35. The lowest BCUT2D eigenvalue weighted by molar-refractivity contribution is 1.19. The third-order valence-corrected chi connectivity index (χ3v) is 11.2. The van der Waals surface area contributed by atoms with Crippen molar-refractivity contribution in [3.63, 3.8) is 0 Å². The first-order valence-corrected chi connectivity index (χ1v) is 20.2. The number of nitrogens with zero attached hydrogens (tertiary/aromatic N) is 5. The van der Waals surface area contributed by atoms with Crippen molar-refractivity contribution in [1.29, 1.82) is 0 Å². The van der Waals surface area contributed by atoms with E-state index < -0.39 is 0 Å². The Kier molecular flexibility index (Phi) is 8.75. The number of benzene rings is 8. The SMILES string of the molecule is c1ccc(-c2nc(-c3ccc(-c4ccc(N(c5ccccc5)c5ccc(-c6nc7ccccn7c6-c6ccccc6)cc5)cc4)cc3)nc3c2ccc2ccccc23)cc1. The highest BCUT2D eigenvalue weighted by molar-refractivity contribution is 6.09. The highest BCUT2D eigenvalue weighted by atomic mass is 15.1. The largest absolute Gasteiger partial charge is 0.311 e. The zero-order valence-corrected chi connectivity index (χ0v) is 32.6. The standard InChI is InChI=1S/C55H37N5/c1-4-15-41(16-5-1)51-49-36-31-40-14-10-11-21-48(40)53(49)58-55(57-51)44-25-23-38(24-26-44)39-27-32-46(33-28-39)60(45-19-8-3-9-20-45)47-34-29-42(30-35-47)52-54(43-17-6-2-7-18-43)59-37-13-12-22-50(59)56-52/h1-37H. The molecule has 11 aromatic rings. The quantitative estimate of drug-likeness (QED) is 0.144. The molecule has 0 amide bonds. The molecule has 282 valence electrons. The molecule has 0 unspecified atom stereocenters. The van der Waals surface area contributed by atoms with Gasteiger partial charge in [0.25, 0.3) is 0 Å². The fraction of sp³-hybridized carbons (Fsp3) is 0.